The fourth-order valence-corrected chi connectivity index (χ4v) is 4.60. The van der Waals surface area contributed by atoms with Crippen LogP contribution in [-0.4, -0.2) is 32.9 Å². The average Bonchev–Trinajstić information content (AvgIpc) is 2.73. The molecule has 2 aromatic rings. The number of hydrogen-bond donors (Lipinski definition) is 2. The molecule has 30 heavy (non-hydrogen) atoms. The molecule has 0 fully saturated rings. The van der Waals surface area contributed by atoms with Crippen LogP contribution in [-0.2, 0) is 10.0 Å². The minimum Gasteiger partial charge on any atom is -0.376 e. The zero-order chi connectivity index (χ0) is 22.1. The molecule has 0 saturated carbocycles. The van der Waals surface area contributed by atoms with Gasteiger partial charge in [0.2, 0.25) is 10.0 Å². The van der Waals surface area contributed by atoms with Crippen LogP contribution in [0.2, 0.25) is 0 Å². The van der Waals surface area contributed by atoms with Crippen LogP contribution >= 0.6 is 0 Å². The Hall–Kier alpha value is -2.71. The molecule has 0 heterocycles. The van der Waals surface area contributed by atoms with Gasteiger partial charge < -0.3 is 10.6 Å². The van der Waals surface area contributed by atoms with Crippen LogP contribution in [0.25, 0.3) is 0 Å². The number of rotatable bonds is 8. The second-order valence-electron chi connectivity index (χ2n) is 7.95. The molecule has 8 heteroatoms. The Morgan fingerprint density at radius 2 is 1.83 bits per heavy atom. The van der Waals surface area contributed by atoms with Crippen molar-refractivity contribution in [3.05, 3.63) is 69.0 Å². The lowest BCUT2D eigenvalue weighted by atomic mass is 9.75. The molecular formula is C22H27N3O4S. The highest BCUT2D eigenvalue weighted by molar-refractivity contribution is 7.89. The predicted molar refractivity (Wildman–Crippen MR) is 121 cm³/mol. The Morgan fingerprint density at radius 1 is 1.13 bits per heavy atom. The van der Waals surface area contributed by atoms with Crippen LogP contribution in [0.15, 0.2) is 63.1 Å². The van der Waals surface area contributed by atoms with Crippen molar-refractivity contribution in [3.8, 4) is 0 Å². The molecule has 1 aliphatic carbocycles. The minimum atomic E-state index is -3.61. The normalized spacial score (nSPS) is 19.9. The molecule has 0 radical (unpaired) electrons. The molecule has 0 bridgehead atoms. The van der Waals surface area contributed by atoms with Gasteiger partial charge in [-0.3, -0.25) is 9.59 Å². The molecule has 0 spiro atoms. The third kappa shape index (κ3) is 3.97. The fraction of sp³-hybridized carbons (Fsp3) is 0.364. The number of benzene rings is 1. The number of nitrogens with one attached hydrogen (secondary N) is 2. The van der Waals surface area contributed by atoms with Crippen LogP contribution in [0, 0.1) is 5.41 Å². The monoisotopic (exact) mass is 429 g/mol. The van der Waals surface area contributed by atoms with Crippen LogP contribution in [0.4, 0.5) is 17.1 Å². The Balaban J connectivity index is 1.88. The van der Waals surface area contributed by atoms with Crippen LogP contribution in [0.5, 0.6) is 0 Å². The van der Waals surface area contributed by atoms with E-state index in [1.54, 1.807) is 12.1 Å². The van der Waals surface area contributed by atoms with Gasteiger partial charge in [0.15, 0.2) is 0 Å². The third-order valence-electron chi connectivity index (χ3n) is 5.60. The largest absolute Gasteiger partial charge is 0.376 e. The van der Waals surface area contributed by atoms with E-state index >= 15 is 0 Å². The summed E-state index contributed by atoms with van der Waals surface area (Å²) in [6.45, 7) is 4.14. The lowest BCUT2D eigenvalue weighted by Gasteiger charge is -2.37. The summed E-state index contributed by atoms with van der Waals surface area (Å²) < 4.78 is 25.9. The molecule has 2 aromatic carbocycles. The standard InChI is InChI=1S/C22H27N3O4S/c1-5-17(22(2)12-7-6-8-13-22)24-19-18(20(26)21(19)27)23-15-10-9-11-16(14-15)30(28,29)25(3)4/h6-12,14,17,23-24H,5,13H2,1-4H3/t17-,22?/m1/s1. The second kappa shape index (κ2) is 8.20. The summed E-state index contributed by atoms with van der Waals surface area (Å²) in [4.78, 5) is 24.6. The van der Waals surface area contributed by atoms with Gasteiger partial charge in [-0.1, -0.05) is 44.2 Å². The second-order valence-corrected chi connectivity index (χ2v) is 10.1. The van der Waals surface area contributed by atoms with E-state index < -0.39 is 20.9 Å². The molecule has 0 aliphatic heterocycles. The molecule has 7 nitrogen and oxygen atoms in total. The highest BCUT2D eigenvalue weighted by Gasteiger charge is 2.33. The third-order valence-corrected chi connectivity index (χ3v) is 7.41. The molecule has 0 aromatic heterocycles. The first-order chi connectivity index (χ1) is 14.1. The molecule has 160 valence electrons. The van der Waals surface area contributed by atoms with Crippen molar-refractivity contribution < 1.29 is 8.42 Å². The molecular weight excluding hydrogens is 402 g/mol. The van der Waals surface area contributed by atoms with E-state index in [1.165, 1.54) is 26.2 Å². The van der Waals surface area contributed by atoms with Gasteiger partial charge in [0, 0.05) is 31.2 Å². The van der Waals surface area contributed by atoms with E-state index in [-0.39, 0.29) is 27.7 Å². The van der Waals surface area contributed by atoms with E-state index in [9.17, 15) is 18.0 Å². The van der Waals surface area contributed by atoms with Gasteiger partial charge in [0.25, 0.3) is 10.9 Å². The number of nitrogens with zero attached hydrogens (tertiary/aromatic N) is 1. The van der Waals surface area contributed by atoms with Crippen LogP contribution in [0.1, 0.15) is 26.7 Å². The quantitative estimate of drug-likeness (QED) is 0.627. The molecule has 0 saturated heterocycles. The first-order valence-electron chi connectivity index (χ1n) is 9.84. The molecule has 1 aliphatic rings. The zero-order valence-electron chi connectivity index (χ0n) is 17.6. The summed E-state index contributed by atoms with van der Waals surface area (Å²) in [5, 5.41) is 6.20. The van der Waals surface area contributed by atoms with E-state index in [0.29, 0.717) is 5.69 Å². The summed E-state index contributed by atoms with van der Waals surface area (Å²) in [6.07, 6.45) is 9.78. The fourth-order valence-electron chi connectivity index (χ4n) is 3.65. The molecule has 1 unspecified atom stereocenters. The maximum Gasteiger partial charge on any atom is 0.253 e. The molecule has 3 rings (SSSR count). The lowest BCUT2D eigenvalue weighted by molar-refractivity contribution is 0.348. The van der Waals surface area contributed by atoms with Gasteiger partial charge in [-0.2, -0.15) is 0 Å². The topological polar surface area (TPSA) is 95.6 Å². The van der Waals surface area contributed by atoms with Crippen molar-refractivity contribution in [2.45, 2.75) is 37.6 Å². The van der Waals surface area contributed by atoms with Crippen molar-refractivity contribution in [2.24, 2.45) is 5.41 Å². The van der Waals surface area contributed by atoms with Crippen LogP contribution < -0.4 is 21.5 Å². The molecule has 2 N–H and O–H groups in total. The average molecular weight is 430 g/mol. The number of hydrogen-bond acceptors (Lipinski definition) is 6. The van der Waals surface area contributed by atoms with Gasteiger partial charge in [0.05, 0.1) is 4.90 Å². The smallest absolute Gasteiger partial charge is 0.253 e. The van der Waals surface area contributed by atoms with Crippen LogP contribution in [0.3, 0.4) is 0 Å². The maximum absolute atomic E-state index is 12.4. The van der Waals surface area contributed by atoms with Gasteiger partial charge in [-0.25, -0.2) is 12.7 Å². The van der Waals surface area contributed by atoms with Crippen molar-refractivity contribution in [1.29, 1.82) is 0 Å². The summed E-state index contributed by atoms with van der Waals surface area (Å²) in [5.41, 5.74) is -0.522. The van der Waals surface area contributed by atoms with Crippen molar-refractivity contribution in [1.82, 2.24) is 4.31 Å². The number of sulfonamides is 1. The molecule has 2 atom stereocenters. The Labute approximate surface area is 176 Å². The zero-order valence-corrected chi connectivity index (χ0v) is 18.4. The van der Waals surface area contributed by atoms with E-state index in [2.05, 4.69) is 29.7 Å². The van der Waals surface area contributed by atoms with E-state index in [0.717, 1.165) is 17.1 Å². The minimum absolute atomic E-state index is 0.0389. The van der Waals surface area contributed by atoms with Gasteiger partial charge in [-0.05, 0) is 31.0 Å². The highest BCUT2D eigenvalue weighted by Crippen LogP contribution is 2.35. The summed E-state index contributed by atoms with van der Waals surface area (Å²) in [5.74, 6) is 0. The summed E-state index contributed by atoms with van der Waals surface area (Å²) in [7, 11) is -0.706. The summed E-state index contributed by atoms with van der Waals surface area (Å²) >= 11 is 0. The van der Waals surface area contributed by atoms with Crippen molar-refractivity contribution in [2.75, 3.05) is 24.7 Å². The van der Waals surface area contributed by atoms with E-state index in [4.69, 9.17) is 0 Å². The molecule has 0 amide bonds. The van der Waals surface area contributed by atoms with Crippen molar-refractivity contribution >= 4 is 27.1 Å². The SMILES string of the molecule is CC[C@@H](Nc1c(Nc2cccc(S(=O)(=O)N(C)C)c2)c(=O)c1=O)C1(C)C=CC=CC1. The highest BCUT2D eigenvalue weighted by atomic mass is 32.2. The number of anilines is 3. The van der Waals surface area contributed by atoms with Gasteiger partial charge in [0.1, 0.15) is 11.4 Å². The first-order valence-corrected chi connectivity index (χ1v) is 11.3. The van der Waals surface area contributed by atoms with Gasteiger partial charge >= 0.3 is 0 Å². The lowest BCUT2D eigenvalue weighted by Crippen LogP contribution is -2.43. The van der Waals surface area contributed by atoms with E-state index in [1.807, 2.05) is 19.1 Å². The maximum atomic E-state index is 12.4. The Morgan fingerprint density at radius 3 is 2.43 bits per heavy atom. The number of allylic oxidation sites excluding steroid dienone is 3. The van der Waals surface area contributed by atoms with Crippen molar-refractivity contribution in [3.63, 3.8) is 0 Å². The van der Waals surface area contributed by atoms with Gasteiger partial charge in [-0.15, -0.1) is 0 Å². The Bertz CT molecular complexity index is 1170. The first kappa shape index (κ1) is 22.0. The summed E-state index contributed by atoms with van der Waals surface area (Å²) in [6, 6.07) is 6.14. The predicted octanol–water partition coefficient (Wildman–Crippen LogP) is 2.99. The Kier molecular flexibility index (Phi) is 6.01.